The quantitative estimate of drug-likeness (QED) is 0.413. The summed E-state index contributed by atoms with van der Waals surface area (Å²) in [5, 5.41) is 6.01. The van der Waals surface area contributed by atoms with Gasteiger partial charge < -0.3 is 5.32 Å². The Labute approximate surface area is 154 Å². The number of nitrogens with one attached hydrogen (secondary N) is 1. The fourth-order valence-corrected chi connectivity index (χ4v) is 3.22. The van der Waals surface area contributed by atoms with E-state index in [-0.39, 0.29) is 0 Å². The maximum atomic E-state index is 3.98. The second-order valence-electron chi connectivity index (χ2n) is 6.59. The van der Waals surface area contributed by atoms with Gasteiger partial charge in [-0.25, -0.2) is 0 Å². The Bertz CT molecular complexity index is 1050. The zero-order chi connectivity index (χ0) is 17.9. The number of hydrogen-bond acceptors (Lipinski definition) is 1. The minimum atomic E-state index is 1.08. The van der Waals surface area contributed by atoms with Crippen LogP contribution in [0, 0.1) is 0 Å². The first-order valence-electron chi connectivity index (χ1n) is 8.82. The molecule has 1 nitrogen and oxygen atoms in total. The summed E-state index contributed by atoms with van der Waals surface area (Å²) in [7, 11) is 0. The summed E-state index contributed by atoms with van der Waals surface area (Å²) in [6.07, 6.45) is 0. The molecule has 0 aromatic heterocycles. The van der Waals surface area contributed by atoms with Crippen LogP contribution in [0.1, 0.15) is 12.5 Å². The van der Waals surface area contributed by atoms with E-state index in [2.05, 4.69) is 103 Å². The number of benzene rings is 4. The van der Waals surface area contributed by atoms with E-state index in [1.54, 1.807) is 0 Å². The Hall–Kier alpha value is -3.32. The zero-order valence-corrected chi connectivity index (χ0v) is 14.9. The number of fused-ring (bicyclic) bond motifs is 1. The Morgan fingerprint density at radius 1 is 0.692 bits per heavy atom. The Morgan fingerprint density at radius 3 is 2.00 bits per heavy atom. The third kappa shape index (κ3) is 3.25. The average Bonchev–Trinajstić information content (AvgIpc) is 2.69. The van der Waals surface area contributed by atoms with Crippen LogP contribution in [0.4, 0.5) is 11.4 Å². The van der Waals surface area contributed by atoms with Gasteiger partial charge in [-0.3, -0.25) is 0 Å². The van der Waals surface area contributed by atoms with Crippen molar-refractivity contribution in [2.24, 2.45) is 0 Å². The minimum absolute atomic E-state index is 1.08. The lowest BCUT2D eigenvalue weighted by Crippen LogP contribution is -1.90. The van der Waals surface area contributed by atoms with E-state index in [4.69, 9.17) is 0 Å². The van der Waals surface area contributed by atoms with Gasteiger partial charge in [-0.1, -0.05) is 78.9 Å². The normalized spacial score (nSPS) is 10.7. The van der Waals surface area contributed by atoms with Crippen molar-refractivity contribution < 1.29 is 0 Å². The fourth-order valence-electron chi connectivity index (χ4n) is 3.22. The van der Waals surface area contributed by atoms with Gasteiger partial charge in [-0.05, 0) is 58.7 Å². The SMILES string of the molecule is C=C(C)c1ccc(Nc2ccc(-c3cccc4ccccc34)cc2)cc1. The number of rotatable bonds is 4. The molecule has 0 unspecified atom stereocenters. The van der Waals surface area contributed by atoms with Crippen LogP contribution in [0.15, 0.2) is 97.6 Å². The van der Waals surface area contributed by atoms with Crippen molar-refractivity contribution in [3.63, 3.8) is 0 Å². The third-order valence-electron chi connectivity index (χ3n) is 4.65. The predicted molar refractivity (Wildman–Crippen MR) is 114 cm³/mol. The first kappa shape index (κ1) is 16.2. The van der Waals surface area contributed by atoms with Crippen molar-refractivity contribution >= 4 is 27.7 Å². The molecule has 0 heterocycles. The van der Waals surface area contributed by atoms with Crippen molar-refractivity contribution in [3.8, 4) is 11.1 Å². The van der Waals surface area contributed by atoms with Crippen LogP contribution in [0.25, 0.3) is 27.5 Å². The largest absolute Gasteiger partial charge is 0.356 e. The fraction of sp³-hybridized carbons (Fsp3) is 0.0400. The highest BCUT2D eigenvalue weighted by atomic mass is 14.9. The second kappa shape index (κ2) is 6.89. The molecule has 26 heavy (non-hydrogen) atoms. The molecule has 1 heteroatoms. The summed E-state index contributed by atoms with van der Waals surface area (Å²) in [5.74, 6) is 0. The van der Waals surface area contributed by atoms with E-state index in [9.17, 15) is 0 Å². The maximum Gasteiger partial charge on any atom is 0.0384 e. The summed E-state index contributed by atoms with van der Waals surface area (Å²) in [5.41, 5.74) is 6.90. The Morgan fingerprint density at radius 2 is 1.31 bits per heavy atom. The molecule has 0 saturated carbocycles. The molecule has 0 aliphatic heterocycles. The number of allylic oxidation sites excluding steroid dienone is 1. The van der Waals surface area contributed by atoms with Crippen LogP contribution in [-0.2, 0) is 0 Å². The molecule has 0 aliphatic rings. The van der Waals surface area contributed by atoms with Gasteiger partial charge in [-0.2, -0.15) is 0 Å². The van der Waals surface area contributed by atoms with Crippen molar-refractivity contribution in [1.29, 1.82) is 0 Å². The van der Waals surface area contributed by atoms with Crippen molar-refractivity contribution in [2.75, 3.05) is 5.32 Å². The average molecular weight is 335 g/mol. The summed E-state index contributed by atoms with van der Waals surface area (Å²) in [4.78, 5) is 0. The molecule has 0 aliphatic carbocycles. The molecule has 0 atom stereocenters. The molecule has 0 fully saturated rings. The summed E-state index contributed by atoms with van der Waals surface area (Å²) in [6, 6.07) is 31.9. The smallest absolute Gasteiger partial charge is 0.0384 e. The topological polar surface area (TPSA) is 12.0 Å². The van der Waals surface area contributed by atoms with Crippen LogP contribution in [0.3, 0.4) is 0 Å². The van der Waals surface area contributed by atoms with Crippen molar-refractivity contribution in [1.82, 2.24) is 0 Å². The van der Waals surface area contributed by atoms with Crippen LogP contribution in [-0.4, -0.2) is 0 Å². The summed E-state index contributed by atoms with van der Waals surface area (Å²) < 4.78 is 0. The van der Waals surface area contributed by atoms with Crippen LogP contribution in [0.5, 0.6) is 0 Å². The molecular weight excluding hydrogens is 314 g/mol. The molecule has 0 bridgehead atoms. The number of anilines is 2. The molecule has 0 radical (unpaired) electrons. The number of hydrogen-bond donors (Lipinski definition) is 1. The third-order valence-corrected chi connectivity index (χ3v) is 4.65. The first-order valence-corrected chi connectivity index (χ1v) is 8.82. The van der Waals surface area contributed by atoms with Gasteiger partial charge in [0.15, 0.2) is 0 Å². The van der Waals surface area contributed by atoms with Crippen molar-refractivity contribution in [3.05, 3.63) is 103 Å². The van der Waals surface area contributed by atoms with E-state index in [0.29, 0.717) is 0 Å². The predicted octanol–water partition coefficient (Wildman–Crippen LogP) is 7.28. The van der Waals surface area contributed by atoms with E-state index in [1.165, 1.54) is 27.5 Å². The van der Waals surface area contributed by atoms with E-state index >= 15 is 0 Å². The molecule has 0 spiro atoms. The van der Waals surface area contributed by atoms with Gasteiger partial charge in [-0.15, -0.1) is 0 Å². The second-order valence-corrected chi connectivity index (χ2v) is 6.59. The Balaban J connectivity index is 1.59. The molecule has 1 N–H and O–H groups in total. The first-order chi connectivity index (χ1) is 12.7. The molecule has 4 rings (SSSR count). The summed E-state index contributed by atoms with van der Waals surface area (Å²) in [6.45, 7) is 6.00. The van der Waals surface area contributed by atoms with Gasteiger partial charge in [0, 0.05) is 11.4 Å². The molecule has 4 aromatic carbocycles. The lowest BCUT2D eigenvalue weighted by molar-refractivity contribution is 1.52. The van der Waals surface area contributed by atoms with Crippen LogP contribution in [0.2, 0.25) is 0 Å². The van der Waals surface area contributed by atoms with Crippen LogP contribution >= 0.6 is 0 Å². The monoisotopic (exact) mass is 335 g/mol. The van der Waals surface area contributed by atoms with Gasteiger partial charge >= 0.3 is 0 Å². The molecule has 0 saturated heterocycles. The maximum absolute atomic E-state index is 3.98. The minimum Gasteiger partial charge on any atom is -0.356 e. The van der Waals surface area contributed by atoms with Gasteiger partial charge in [0.25, 0.3) is 0 Å². The van der Waals surface area contributed by atoms with E-state index in [0.717, 1.165) is 16.9 Å². The highest BCUT2D eigenvalue weighted by Gasteiger charge is 2.03. The van der Waals surface area contributed by atoms with Gasteiger partial charge in [0.05, 0.1) is 0 Å². The van der Waals surface area contributed by atoms with Crippen LogP contribution < -0.4 is 5.32 Å². The van der Waals surface area contributed by atoms with E-state index < -0.39 is 0 Å². The Kier molecular flexibility index (Phi) is 4.28. The van der Waals surface area contributed by atoms with Gasteiger partial charge in [0.1, 0.15) is 0 Å². The highest BCUT2D eigenvalue weighted by molar-refractivity contribution is 5.96. The zero-order valence-electron chi connectivity index (χ0n) is 14.9. The molecule has 0 amide bonds. The standard InChI is InChI=1S/C25H21N/c1-18(2)19-10-14-22(15-11-19)26-23-16-12-21(13-17-23)25-9-5-7-20-6-3-4-8-24(20)25/h3-17,26H,1H2,2H3. The molecule has 4 aromatic rings. The summed E-state index contributed by atoms with van der Waals surface area (Å²) >= 11 is 0. The molecular formula is C25H21N. The van der Waals surface area contributed by atoms with E-state index in [1.807, 2.05) is 6.92 Å². The van der Waals surface area contributed by atoms with Crippen molar-refractivity contribution in [2.45, 2.75) is 6.92 Å². The lowest BCUT2D eigenvalue weighted by Gasteiger charge is -2.10. The molecule has 126 valence electrons. The lowest BCUT2D eigenvalue weighted by atomic mass is 9.98. The highest BCUT2D eigenvalue weighted by Crippen LogP contribution is 2.30. The van der Waals surface area contributed by atoms with Gasteiger partial charge in [0.2, 0.25) is 0 Å².